The van der Waals surface area contributed by atoms with Crippen LogP contribution in [-0.4, -0.2) is 24.0 Å². The van der Waals surface area contributed by atoms with Crippen molar-refractivity contribution < 1.29 is 0 Å². The van der Waals surface area contributed by atoms with E-state index in [1.807, 2.05) is 24.5 Å². The van der Waals surface area contributed by atoms with Gasteiger partial charge in [0, 0.05) is 30.7 Å². The van der Waals surface area contributed by atoms with E-state index in [2.05, 4.69) is 60.5 Å². The van der Waals surface area contributed by atoms with Crippen LogP contribution in [0.2, 0.25) is 0 Å². The van der Waals surface area contributed by atoms with Gasteiger partial charge in [0.15, 0.2) is 0 Å². The number of aromatic nitrogens is 1. The number of benzene rings is 1. The second kappa shape index (κ2) is 6.34. The lowest BCUT2D eigenvalue weighted by Gasteiger charge is -2.20. The Bertz CT molecular complexity index is 508. The zero-order chi connectivity index (χ0) is 13.7. The van der Waals surface area contributed by atoms with E-state index in [0.717, 1.165) is 6.54 Å². The average Bonchev–Trinajstić information content (AvgIpc) is 2.41. The van der Waals surface area contributed by atoms with E-state index < -0.39 is 0 Å². The molecule has 1 aromatic carbocycles. The van der Waals surface area contributed by atoms with E-state index in [-0.39, 0.29) is 6.04 Å². The van der Waals surface area contributed by atoms with Gasteiger partial charge in [0.2, 0.25) is 0 Å². The largest absolute Gasteiger partial charge is 0.378 e. The summed E-state index contributed by atoms with van der Waals surface area (Å²) in [6.07, 6.45) is 3.67. The molecule has 0 bridgehead atoms. The summed E-state index contributed by atoms with van der Waals surface area (Å²) in [5.74, 6) is 0. The van der Waals surface area contributed by atoms with Crippen molar-refractivity contribution in [2.24, 2.45) is 0 Å². The molecule has 1 heterocycles. The van der Waals surface area contributed by atoms with Crippen molar-refractivity contribution in [2.75, 3.05) is 19.4 Å². The molecular weight excluding hydrogens is 234 g/mol. The van der Waals surface area contributed by atoms with Crippen LogP contribution in [0.5, 0.6) is 0 Å². The Kier molecular flexibility index (Phi) is 4.53. The Morgan fingerprint density at radius 2 is 1.79 bits per heavy atom. The molecule has 0 amide bonds. The second-order valence-electron chi connectivity index (χ2n) is 5.04. The van der Waals surface area contributed by atoms with Gasteiger partial charge in [-0.25, -0.2) is 0 Å². The van der Waals surface area contributed by atoms with Crippen LogP contribution in [0.15, 0.2) is 48.8 Å². The summed E-state index contributed by atoms with van der Waals surface area (Å²) in [6.45, 7) is 3.11. The maximum Gasteiger partial charge on any atom is 0.0486 e. The predicted molar refractivity (Wildman–Crippen MR) is 80.1 cm³/mol. The maximum absolute atomic E-state index is 4.06. The van der Waals surface area contributed by atoms with Crippen molar-refractivity contribution in [1.82, 2.24) is 9.88 Å². The molecule has 0 aliphatic carbocycles. The molecule has 2 aromatic rings. The molecule has 0 aliphatic rings. The van der Waals surface area contributed by atoms with Crippen molar-refractivity contribution in [2.45, 2.75) is 19.5 Å². The van der Waals surface area contributed by atoms with Crippen LogP contribution in [0.1, 0.15) is 24.1 Å². The molecule has 2 rings (SSSR count). The quantitative estimate of drug-likeness (QED) is 0.888. The molecule has 0 saturated heterocycles. The van der Waals surface area contributed by atoms with Crippen LogP contribution in [0.25, 0.3) is 0 Å². The molecule has 3 nitrogen and oxygen atoms in total. The second-order valence-corrected chi connectivity index (χ2v) is 5.04. The molecule has 1 unspecified atom stereocenters. The van der Waals surface area contributed by atoms with Crippen molar-refractivity contribution in [3.8, 4) is 0 Å². The highest BCUT2D eigenvalue weighted by molar-refractivity contribution is 5.52. The Balaban J connectivity index is 2.15. The van der Waals surface area contributed by atoms with Crippen LogP contribution in [-0.2, 0) is 6.54 Å². The van der Waals surface area contributed by atoms with Crippen LogP contribution < -0.4 is 5.32 Å². The lowest BCUT2D eigenvalue weighted by atomic mass is 10.1. The Morgan fingerprint density at radius 1 is 1.11 bits per heavy atom. The van der Waals surface area contributed by atoms with Gasteiger partial charge in [0.05, 0.1) is 0 Å². The molecule has 1 aromatic heterocycles. The number of anilines is 1. The molecular formula is C16H21N3. The van der Waals surface area contributed by atoms with Crippen molar-refractivity contribution in [3.05, 3.63) is 59.9 Å². The number of nitrogens with one attached hydrogen (secondary N) is 1. The molecule has 0 saturated carbocycles. The third-order valence-electron chi connectivity index (χ3n) is 3.08. The molecule has 0 aliphatic heterocycles. The number of rotatable bonds is 5. The summed E-state index contributed by atoms with van der Waals surface area (Å²) in [5, 5.41) is 3.58. The van der Waals surface area contributed by atoms with Crippen molar-refractivity contribution >= 4 is 5.69 Å². The monoisotopic (exact) mass is 255 g/mol. The Labute approximate surface area is 115 Å². The minimum Gasteiger partial charge on any atom is -0.378 e. The van der Waals surface area contributed by atoms with E-state index in [4.69, 9.17) is 0 Å². The van der Waals surface area contributed by atoms with E-state index in [9.17, 15) is 0 Å². The van der Waals surface area contributed by atoms with E-state index >= 15 is 0 Å². The molecule has 0 fully saturated rings. The van der Waals surface area contributed by atoms with Crippen molar-refractivity contribution in [3.63, 3.8) is 0 Å². The first-order valence-electron chi connectivity index (χ1n) is 6.56. The maximum atomic E-state index is 4.06. The molecule has 100 valence electrons. The standard InChI is InChI=1S/C16H21N3/c1-13(14-8-10-17-11-9-14)18-16-7-5-4-6-15(16)12-19(2)3/h4-11,13,18H,12H2,1-3H3. The van der Waals surface area contributed by atoms with Gasteiger partial charge in [-0.1, -0.05) is 18.2 Å². The first kappa shape index (κ1) is 13.6. The molecule has 0 radical (unpaired) electrons. The summed E-state index contributed by atoms with van der Waals surface area (Å²) >= 11 is 0. The fourth-order valence-electron chi connectivity index (χ4n) is 2.11. The molecule has 3 heteroatoms. The fraction of sp³-hybridized carbons (Fsp3) is 0.312. The van der Waals surface area contributed by atoms with Gasteiger partial charge in [-0.15, -0.1) is 0 Å². The lowest BCUT2D eigenvalue weighted by molar-refractivity contribution is 0.403. The summed E-state index contributed by atoms with van der Waals surface area (Å²) in [6, 6.07) is 12.8. The SMILES string of the molecule is CC(Nc1ccccc1CN(C)C)c1ccncc1. The van der Waals surface area contributed by atoms with Gasteiger partial charge in [-0.2, -0.15) is 0 Å². The zero-order valence-corrected chi connectivity index (χ0v) is 11.8. The van der Waals surface area contributed by atoms with Gasteiger partial charge in [0.1, 0.15) is 0 Å². The molecule has 19 heavy (non-hydrogen) atoms. The molecule has 0 spiro atoms. The van der Waals surface area contributed by atoms with Crippen LogP contribution in [0, 0.1) is 0 Å². The number of hydrogen-bond donors (Lipinski definition) is 1. The average molecular weight is 255 g/mol. The van der Waals surface area contributed by atoms with Gasteiger partial charge in [-0.05, 0) is 50.3 Å². The summed E-state index contributed by atoms with van der Waals surface area (Å²) in [5.41, 5.74) is 3.75. The Hall–Kier alpha value is -1.87. The van der Waals surface area contributed by atoms with Gasteiger partial charge >= 0.3 is 0 Å². The van der Waals surface area contributed by atoms with Gasteiger partial charge < -0.3 is 10.2 Å². The van der Waals surface area contributed by atoms with Crippen molar-refractivity contribution in [1.29, 1.82) is 0 Å². The Morgan fingerprint density at radius 3 is 2.47 bits per heavy atom. The summed E-state index contributed by atoms with van der Waals surface area (Å²) in [4.78, 5) is 6.24. The predicted octanol–water partition coefficient (Wildman–Crippen LogP) is 3.32. The number of hydrogen-bond acceptors (Lipinski definition) is 3. The first-order chi connectivity index (χ1) is 9.16. The number of para-hydroxylation sites is 1. The highest BCUT2D eigenvalue weighted by Crippen LogP contribution is 2.22. The first-order valence-corrected chi connectivity index (χ1v) is 6.56. The topological polar surface area (TPSA) is 28.2 Å². The highest BCUT2D eigenvalue weighted by atomic mass is 15.1. The zero-order valence-electron chi connectivity index (χ0n) is 11.8. The normalized spacial score (nSPS) is 12.4. The van der Waals surface area contributed by atoms with Gasteiger partial charge in [0.25, 0.3) is 0 Å². The third kappa shape index (κ3) is 3.80. The number of pyridine rings is 1. The smallest absolute Gasteiger partial charge is 0.0486 e. The van der Waals surface area contributed by atoms with Crippen LogP contribution in [0.4, 0.5) is 5.69 Å². The molecule has 1 atom stereocenters. The van der Waals surface area contributed by atoms with E-state index in [0.29, 0.717) is 0 Å². The minimum absolute atomic E-state index is 0.270. The fourth-order valence-corrected chi connectivity index (χ4v) is 2.11. The van der Waals surface area contributed by atoms with Crippen LogP contribution >= 0.6 is 0 Å². The summed E-state index contributed by atoms with van der Waals surface area (Å²) in [7, 11) is 4.17. The minimum atomic E-state index is 0.270. The van der Waals surface area contributed by atoms with E-state index in [1.165, 1.54) is 16.8 Å². The highest BCUT2D eigenvalue weighted by Gasteiger charge is 2.08. The lowest BCUT2D eigenvalue weighted by Crippen LogP contribution is -2.14. The number of nitrogens with zero attached hydrogens (tertiary/aromatic N) is 2. The summed E-state index contributed by atoms with van der Waals surface area (Å²) < 4.78 is 0. The third-order valence-corrected chi connectivity index (χ3v) is 3.08. The van der Waals surface area contributed by atoms with Crippen LogP contribution in [0.3, 0.4) is 0 Å². The molecule has 1 N–H and O–H groups in total. The van der Waals surface area contributed by atoms with E-state index in [1.54, 1.807) is 0 Å². The van der Waals surface area contributed by atoms with Gasteiger partial charge in [-0.3, -0.25) is 4.98 Å².